The van der Waals surface area contributed by atoms with E-state index in [1.165, 1.54) is 0 Å². The highest BCUT2D eigenvalue weighted by Crippen LogP contribution is 2.14. The molecule has 3 nitrogen and oxygen atoms in total. The van der Waals surface area contributed by atoms with Crippen LogP contribution in [-0.4, -0.2) is 16.3 Å². The van der Waals surface area contributed by atoms with Gasteiger partial charge in [0.1, 0.15) is 5.69 Å². The quantitative estimate of drug-likeness (QED) is 0.608. The van der Waals surface area contributed by atoms with E-state index in [0.29, 0.717) is 6.29 Å². The molecule has 1 rings (SSSR count). The van der Waals surface area contributed by atoms with Gasteiger partial charge >= 0.3 is 0 Å². The van der Waals surface area contributed by atoms with Gasteiger partial charge in [0.05, 0.1) is 0 Å². The molecule has 11 heavy (non-hydrogen) atoms. The number of hydrogen-bond donors (Lipinski definition) is 0. The molecule has 58 valence electrons. The van der Waals surface area contributed by atoms with E-state index in [0.717, 1.165) is 12.3 Å². The maximum absolute atomic E-state index is 11.9. The maximum atomic E-state index is 11.9. The second kappa shape index (κ2) is 3.14. The lowest BCUT2D eigenvalue weighted by Gasteiger charge is -1.96. The molecule has 0 aromatic carbocycles. The molecule has 0 bridgehead atoms. The monoisotopic (exact) mass is 158 g/mol. The molecule has 0 aliphatic carbocycles. The van der Waals surface area contributed by atoms with Gasteiger partial charge in [-0.15, -0.1) is 0 Å². The van der Waals surface area contributed by atoms with Crippen molar-refractivity contribution in [1.29, 1.82) is 0 Å². The van der Waals surface area contributed by atoms with Crippen LogP contribution in [-0.2, 0) is 0 Å². The molecule has 0 radical (unpaired) electrons. The van der Waals surface area contributed by atoms with Crippen molar-refractivity contribution in [3.63, 3.8) is 0 Å². The molecule has 0 amide bonds. The average Bonchev–Trinajstić information content (AvgIpc) is 2.05. The highest BCUT2D eigenvalue weighted by atomic mass is 19.3. The number of aldehydes is 1. The largest absolute Gasteiger partial charge is 0.294 e. The van der Waals surface area contributed by atoms with Crippen LogP contribution in [0.4, 0.5) is 8.78 Å². The van der Waals surface area contributed by atoms with E-state index in [4.69, 9.17) is 0 Å². The van der Waals surface area contributed by atoms with Crippen molar-refractivity contribution >= 4 is 6.29 Å². The fourth-order valence-electron chi connectivity index (χ4n) is 0.567. The van der Waals surface area contributed by atoms with Gasteiger partial charge in [0.2, 0.25) is 0 Å². The Labute approximate surface area is 61.1 Å². The smallest absolute Gasteiger partial charge is 0.280 e. The molecule has 0 spiro atoms. The minimum Gasteiger partial charge on any atom is -0.294 e. The van der Waals surface area contributed by atoms with Crippen LogP contribution in [0.3, 0.4) is 0 Å². The minimum atomic E-state index is -2.66. The number of rotatable bonds is 2. The highest BCUT2D eigenvalue weighted by Gasteiger charge is 2.08. The first-order chi connectivity index (χ1) is 5.24. The van der Waals surface area contributed by atoms with Crippen molar-refractivity contribution in [2.24, 2.45) is 0 Å². The van der Waals surface area contributed by atoms with Crippen molar-refractivity contribution in [2.75, 3.05) is 0 Å². The van der Waals surface area contributed by atoms with Gasteiger partial charge in [-0.2, -0.15) is 0 Å². The summed E-state index contributed by atoms with van der Waals surface area (Å²) < 4.78 is 23.8. The van der Waals surface area contributed by atoms with Crippen LogP contribution in [0.2, 0.25) is 0 Å². The Bertz CT molecular complexity index is 265. The molecule has 0 aliphatic rings. The van der Waals surface area contributed by atoms with E-state index in [1.54, 1.807) is 0 Å². The summed E-state index contributed by atoms with van der Waals surface area (Å²) in [5.74, 6) is -0.220. The number of carbonyl (C=O) groups is 1. The highest BCUT2D eigenvalue weighted by molar-refractivity contribution is 5.68. The molecule has 0 saturated carbocycles. The lowest BCUT2D eigenvalue weighted by Crippen LogP contribution is -1.97. The topological polar surface area (TPSA) is 42.9 Å². The average molecular weight is 158 g/mol. The van der Waals surface area contributed by atoms with Crippen LogP contribution in [0.5, 0.6) is 0 Å². The van der Waals surface area contributed by atoms with Crippen molar-refractivity contribution < 1.29 is 13.6 Å². The summed E-state index contributed by atoms with van der Waals surface area (Å²) in [6, 6.07) is 1.07. The number of aromatic nitrogens is 2. The molecule has 0 unspecified atom stereocenters. The molecular weight excluding hydrogens is 154 g/mol. The van der Waals surface area contributed by atoms with E-state index in [9.17, 15) is 13.6 Å². The van der Waals surface area contributed by atoms with Crippen molar-refractivity contribution in [2.45, 2.75) is 6.43 Å². The van der Waals surface area contributed by atoms with E-state index in [2.05, 4.69) is 9.97 Å². The van der Waals surface area contributed by atoms with Gasteiger partial charge in [-0.05, 0) is 6.07 Å². The zero-order chi connectivity index (χ0) is 8.27. The van der Waals surface area contributed by atoms with Crippen molar-refractivity contribution in [3.05, 3.63) is 23.8 Å². The Morgan fingerprint density at radius 3 is 2.82 bits per heavy atom. The summed E-state index contributed by atoms with van der Waals surface area (Å²) in [6.45, 7) is 0. The summed E-state index contributed by atoms with van der Waals surface area (Å²) in [5, 5.41) is 0. The Hall–Kier alpha value is -1.39. The van der Waals surface area contributed by atoms with Crippen LogP contribution in [0, 0.1) is 0 Å². The molecule has 1 aromatic rings. The second-order valence-electron chi connectivity index (χ2n) is 1.76. The molecule has 0 atom stereocenters. The Morgan fingerprint density at radius 1 is 1.55 bits per heavy atom. The predicted molar refractivity (Wildman–Crippen MR) is 32.4 cm³/mol. The fraction of sp³-hybridized carbons (Fsp3) is 0.167. The molecule has 5 heteroatoms. The standard InChI is InChI=1S/C6H4F2N2O/c7-6(8)4-1-2-9-5(3-11)10-4/h1-3,6H. The van der Waals surface area contributed by atoms with E-state index in [-0.39, 0.29) is 5.82 Å². The molecule has 0 fully saturated rings. The third-order valence-corrected chi connectivity index (χ3v) is 1.02. The van der Waals surface area contributed by atoms with Crippen molar-refractivity contribution in [3.8, 4) is 0 Å². The predicted octanol–water partition coefficient (Wildman–Crippen LogP) is 1.23. The number of carbonyl (C=O) groups excluding carboxylic acids is 1. The zero-order valence-electron chi connectivity index (χ0n) is 5.37. The lowest BCUT2D eigenvalue weighted by atomic mass is 10.4. The van der Waals surface area contributed by atoms with E-state index < -0.39 is 12.1 Å². The summed E-state index contributed by atoms with van der Waals surface area (Å²) in [4.78, 5) is 16.7. The number of halogens is 2. The maximum Gasteiger partial charge on any atom is 0.280 e. The fourth-order valence-corrected chi connectivity index (χ4v) is 0.567. The van der Waals surface area contributed by atoms with Gasteiger partial charge in [-0.25, -0.2) is 18.7 Å². The van der Waals surface area contributed by atoms with Gasteiger partial charge in [0.15, 0.2) is 12.1 Å². The Morgan fingerprint density at radius 2 is 2.27 bits per heavy atom. The van der Waals surface area contributed by atoms with Crippen LogP contribution < -0.4 is 0 Å². The van der Waals surface area contributed by atoms with Gasteiger partial charge in [-0.3, -0.25) is 4.79 Å². The third-order valence-electron chi connectivity index (χ3n) is 1.02. The van der Waals surface area contributed by atoms with E-state index >= 15 is 0 Å². The Kier molecular flexibility index (Phi) is 2.20. The molecule has 1 heterocycles. The second-order valence-corrected chi connectivity index (χ2v) is 1.76. The van der Waals surface area contributed by atoms with Crippen LogP contribution in [0.1, 0.15) is 22.7 Å². The molecule has 1 aromatic heterocycles. The van der Waals surface area contributed by atoms with Gasteiger partial charge in [-0.1, -0.05) is 0 Å². The summed E-state index contributed by atoms with van der Waals surface area (Å²) in [7, 11) is 0. The lowest BCUT2D eigenvalue weighted by molar-refractivity contribution is 0.111. The van der Waals surface area contributed by atoms with Crippen LogP contribution in [0.25, 0.3) is 0 Å². The van der Waals surface area contributed by atoms with Crippen molar-refractivity contribution in [1.82, 2.24) is 9.97 Å². The number of alkyl halides is 2. The van der Waals surface area contributed by atoms with Gasteiger partial charge in [0.25, 0.3) is 6.43 Å². The Balaban J connectivity index is 3.00. The third kappa shape index (κ3) is 1.76. The van der Waals surface area contributed by atoms with Crippen LogP contribution >= 0.6 is 0 Å². The summed E-state index contributed by atoms with van der Waals surface area (Å²) in [5.41, 5.74) is -0.429. The minimum absolute atomic E-state index is 0.220. The molecule has 0 aliphatic heterocycles. The van der Waals surface area contributed by atoms with Crippen LogP contribution in [0.15, 0.2) is 12.3 Å². The van der Waals surface area contributed by atoms with E-state index in [1.807, 2.05) is 0 Å². The first kappa shape index (κ1) is 7.71. The first-order valence-electron chi connectivity index (χ1n) is 2.80. The number of nitrogens with zero attached hydrogens (tertiary/aromatic N) is 2. The zero-order valence-corrected chi connectivity index (χ0v) is 5.37. The SMILES string of the molecule is O=Cc1nccc(C(F)F)n1. The number of hydrogen-bond acceptors (Lipinski definition) is 3. The first-order valence-corrected chi connectivity index (χ1v) is 2.80. The van der Waals surface area contributed by atoms with Gasteiger partial charge < -0.3 is 0 Å². The molecule has 0 N–H and O–H groups in total. The van der Waals surface area contributed by atoms with Gasteiger partial charge in [0, 0.05) is 6.20 Å². The molecular formula is C6H4F2N2O. The molecule has 0 saturated heterocycles. The normalized spacial score (nSPS) is 10.1. The summed E-state index contributed by atoms with van der Waals surface area (Å²) in [6.07, 6.45) is -1.21. The summed E-state index contributed by atoms with van der Waals surface area (Å²) >= 11 is 0.